The number of nitrogens with zero attached hydrogens (tertiary/aromatic N) is 2. The number of fused-ring (bicyclic) bond motifs is 13. The van der Waals surface area contributed by atoms with Gasteiger partial charge in [-0.25, -0.2) is 4.98 Å². The molecule has 0 radical (unpaired) electrons. The highest BCUT2D eigenvalue weighted by Crippen LogP contribution is 2.43. The van der Waals surface area contributed by atoms with Crippen LogP contribution in [-0.4, -0.2) is 4.98 Å². The predicted octanol–water partition coefficient (Wildman–Crippen LogP) is 12.6. The Balaban J connectivity index is 1.16. The maximum Gasteiger partial charge on any atom is 0.227 e. The van der Waals surface area contributed by atoms with Crippen LogP contribution in [0.2, 0.25) is 0 Å². The molecule has 0 fully saturated rings. The third-order valence-electron chi connectivity index (χ3n) is 9.69. The number of rotatable bonds is 3. The molecule has 0 atom stereocenters. The van der Waals surface area contributed by atoms with Gasteiger partial charge in [0.1, 0.15) is 27.9 Å². The number of benzene rings is 7. The third-order valence-corrected chi connectivity index (χ3v) is 9.69. The number of hydrogen-bond acceptors (Lipinski definition) is 5. The zero-order valence-electron chi connectivity index (χ0n) is 25.5. The van der Waals surface area contributed by atoms with Crippen LogP contribution in [0, 0.1) is 0 Å². The zero-order valence-corrected chi connectivity index (χ0v) is 25.5. The standard InChI is InChI=1S/C43H24N2O3/c1-3-9-37-31(6-1)33-19-15-29(24-40(33)47-37)45(28-16-20-39-36(23-28)32-7-2-4-10-38(32)46-39)27-14-18-30-26(22-27)12-11-25-13-17-34-35-8-5-21-44-43(35)48-42(34)41(25)30/h1-24H. The van der Waals surface area contributed by atoms with Crippen LogP contribution in [0.5, 0.6) is 0 Å². The molecule has 5 heteroatoms. The minimum atomic E-state index is 0.656. The van der Waals surface area contributed by atoms with Crippen LogP contribution >= 0.6 is 0 Å². The second kappa shape index (κ2) is 9.47. The number of furan rings is 3. The quantitative estimate of drug-likeness (QED) is 0.185. The molecule has 0 saturated heterocycles. The molecule has 0 aliphatic heterocycles. The molecule has 0 spiro atoms. The van der Waals surface area contributed by atoms with Gasteiger partial charge in [-0.15, -0.1) is 0 Å². The molecule has 4 aromatic heterocycles. The van der Waals surface area contributed by atoms with E-state index in [2.05, 4.69) is 119 Å². The van der Waals surface area contributed by atoms with Crippen molar-refractivity contribution >= 4 is 105 Å². The average molecular weight is 617 g/mol. The molecule has 0 aliphatic rings. The van der Waals surface area contributed by atoms with Gasteiger partial charge in [-0.3, -0.25) is 0 Å². The number of pyridine rings is 1. The molecule has 7 aromatic carbocycles. The molecule has 0 aliphatic carbocycles. The molecule has 0 unspecified atom stereocenters. The summed E-state index contributed by atoms with van der Waals surface area (Å²) in [6, 6.07) is 48.7. The first-order valence-electron chi connectivity index (χ1n) is 16.0. The van der Waals surface area contributed by atoms with Gasteiger partial charge in [0.2, 0.25) is 5.71 Å². The smallest absolute Gasteiger partial charge is 0.227 e. The van der Waals surface area contributed by atoms with E-state index in [-0.39, 0.29) is 0 Å². The van der Waals surface area contributed by atoms with Gasteiger partial charge in [-0.2, -0.15) is 0 Å². The van der Waals surface area contributed by atoms with E-state index >= 15 is 0 Å². The molecule has 11 aromatic rings. The average Bonchev–Trinajstić information content (AvgIpc) is 3.82. The van der Waals surface area contributed by atoms with E-state index in [1.165, 1.54) is 0 Å². The van der Waals surface area contributed by atoms with Crippen molar-refractivity contribution in [3.63, 3.8) is 0 Å². The van der Waals surface area contributed by atoms with E-state index in [0.717, 1.165) is 98.8 Å². The number of anilines is 3. The van der Waals surface area contributed by atoms with Crippen LogP contribution in [0.3, 0.4) is 0 Å². The Hall–Kier alpha value is -6.59. The fraction of sp³-hybridized carbons (Fsp3) is 0. The first kappa shape index (κ1) is 25.6. The van der Waals surface area contributed by atoms with Crippen LogP contribution in [0.1, 0.15) is 0 Å². The molecule has 48 heavy (non-hydrogen) atoms. The molecule has 11 rings (SSSR count). The lowest BCUT2D eigenvalue weighted by atomic mass is 9.99. The zero-order chi connectivity index (χ0) is 31.3. The van der Waals surface area contributed by atoms with Crippen molar-refractivity contribution in [1.29, 1.82) is 0 Å². The Kier molecular flexibility index (Phi) is 5.05. The van der Waals surface area contributed by atoms with E-state index in [0.29, 0.717) is 5.71 Å². The van der Waals surface area contributed by atoms with Crippen LogP contribution < -0.4 is 4.90 Å². The highest BCUT2D eigenvalue weighted by atomic mass is 16.3. The van der Waals surface area contributed by atoms with E-state index < -0.39 is 0 Å². The van der Waals surface area contributed by atoms with Gasteiger partial charge in [0.05, 0.1) is 0 Å². The van der Waals surface area contributed by atoms with Crippen LogP contribution in [-0.2, 0) is 0 Å². The first-order valence-corrected chi connectivity index (χ1v) is 16.0. The summed E-state index contributed by atoms with van der Waals surface area (Å²) < 4.78 is 18.9. The van der Waals surface area contributed by atoms with Gasteiger partial charge >= 0.3 is 0 Å². The molecule has 5 nitrogen and oxygen atoms in total. The van der Waals surface area contributed by atoms with Gasteiger partial charge in [-0.05, 0) is 89.0 Å². The molecule has 0 bridgehead atoms. The van der Waals surface area contributed by atoms with Crippen molar-refractivity contribution in [2.75, 3.05) is 4.90 Å². The molecule has 0 saturated carbocycles. The Morgan fingerprint density at radius 2 is 1.00 bits per heavy atom. The van der Waals surface area contributed by atoms with Gasteiger partial charge in [0.25, 0.3) is 0 Å². The highest BCUT2D eigenvalue weighted by molar-refractivity contribution is 6.23. The summed E-state index contributed by atoms with van der Waals surface area (Å²) in [6.07, 6.45) is 1.78. The summed E-state index contributed by atoms with van der Waals surface area (Å²) in [7, 11) is 0. The summed E-state index contributed by atoms with van der Waals surface area (Å²) in [5, 5.41) is 10.9. The Bertz CT molecular complexity index is 3090. The highest BCUT2D eigenvalue weighted by Gasteiger charge is 2.19. The Morgan fingerprint density at radius 3 is 1.88 bits per heavy atom. The predicted molar refractivity (Wildman–Crippen MR) is 196 cm³/mol. The summed E-state index contributed by atoms with van der Waals surface area (Å²) in [6.45, 7) is 0. The van der Waals surface area contributed by atoms with Crippen molar-refractivity contribution in [1.82, 2.24) is 4.98 Å². The van der Waals surface area contributed by atoms with Gasteiger partial charge < -0.3 is 18.2 Å². The second-order valence-corrected chi connectivity index (χ2v) is 12.4. The molecule has 0 N–H and O–H groups in total. The van der Waals surface area contributed by atoms with Gasteiger partial charge in [0, 0.05) is 67.0 Å². The lowest BCUT2D eigenvalue weighted by Gasteiger charge is -2.26. The number of hydrogen-bond donors (Lipinski definition) is 0. The third kappa shape index (κ3) is 3.58. The first-order chi connectivity index (χ1) is 23.8. The minimum absolute atomic E-state index is 0.656. The SMILES string of the molecule is c1ccc2c(c1)oc1cc(N(c3ccc4c(ccc5ccc6c7cccnc7oc6c54)c3)c3ccc4oc5ccccc5c4c3)ccc12. The van der Waals surface area contributed by atoms with Gasteiger partial charge in [-0.1, -0.05) is 60.7 Å². The van der Waals surface area contributed by atoms with E-state index in [9.17, 15) is 0 Å². The minimum Gasteiger partial charge on any atom is -0.456 e. The molecular weight excluding hydrogens is 592 g/mol. The maximum atomic E-state index is 6.38. The molecule has 0 amide bonds. The number of para-hydroxylation sites is 2. The fourth-order valence-electron chi connectivity index (χ4n) is 7.49. The Labute approximate surface area is 272 Å². The van der Waals surface area contributed by atoms with E-state index in [1.807, 2.05) is 30.3 Å². The second-order valence-electron chi connectivity index (χ2n) is 12.4. The van der Waals surface area contributed by atoms with E-state index in [1.54, 1.807) is 6.20 Å². The summed E-state index contributed by atoms with van der Waals surface area (Å²) in [5.74, 6) is 0. The van der Waals surface area contributed by atoms with Crippen molar-refractivity contribution < 1.29 is 13.3 Å². The van der Waals surface area contributed by atoms with Crippen LogP contribution in [0.25, 0.3) is 87.5 Å². The summed E-state index contributed by atoms with van der Waals surface area (Å²) >= 11 is 0. The Morgan fingerprint density at radius 1 is 0.396 bits per heavy atom. The van der Waals surface area contributed by atoms with Crippen molar-refractivity contribution in [3.05, 3.63) is 146 Å². The van der Waals surface area contributed by atoms with Crippen molar-refractivity contribution in [2.45, 2.75) is 0 Å². The lowest BCUT2D eigenvalue weighted by Crippen LogP contribution is -2.09. The lowest BCUT2D eigenvalue weighted by molar-refractivity contribution is 0.658. The van der Waals surface area contributed by atoms with Gasteiger partial charge in [0.15, 0.2) is 0 Å². The monoisotopic (exact) mass is 616 g/mol. The maximum absolute atomic E-state index is 6.38. The van der Waals surface area contributed by atoms with Crippen molar-refractivity contribution in [2.24, 2.45) is 0 Å². The largest absolute Gasteiger partial charge is 0.456 e. The normalized spacial score (nSPS) is 12.2. The molecule has 224 valence electrons. The van der Waals surface area contributed by atoms with E-state index in [4.69, 9.17) is 13.3 Å². The topological polar surface area (TPSA) is 55.6 Å². The number of aromatic nitrogens is 1. The van der Waals surface area contributed by atoms with Crippen LogP contribution in [0.15, 0.2) is 159 Å². The summed E-state index contributed by atoms with van der Waals surface area (Å²) in [4.78, 5) is 6.79. The van der Waals surface area contributed by atoms with Crippen molar-refractivity contribution in [3.8, 4) is 0 Å². The molecular formula is C43H24N2O3. The fourth-order valence-corrected chi connectivity index (χ4v) is 7.49. The molecule has 4 heterocycles. The van der Waals surface area contributed by atoms with Crippen LogP contribution in [0.4, 0.5) is 17.1 Å². The summed E-state index contributed by atoms with van der Waals surface area (Å²) in [5.41, 5.74) is 8.05.